The molecule has 1 N–H and O–H groups in total. The topological polar surface area (TPSA) is 70.5 Å². The molecule has 1 amide bonds. The van der Waals surface area contributed by atoms with E-state index in [2.05, 4.69) is 20.9 Å². The SMILES string of the molecule is O=C1C(=O)N(Cc2cccnc2)C(c2ccc(Br)cc2)C1=C(O)c1ccc(F)cc1. The molecule has 1 aromatic heterocycles. The summed E-state index contributed by atoms with van der Waals surface area (Å²) in [7, 11) is 0. The number of rotatable bonds is 4. The fourth-order valence-electron chi connectivity index (χ4n) is 3.49. The van der Waals surface area contributed by atoms with Crippen LogP contribution in [0.1, 0.15) is 22.7 Å². The summed E-state index contributed by atoms with van der Waals surface area (Å²) in [6.45, 7) is 0.152. The Balaban J connectivity index is 1.85. The van der Waals surface area contributed by atoms with E-state index >= 15 is 0 Å². The Kier molecular flexibility index (Phi) is 5.46. The Morgan fingerprint density at radius 3 is 2.40 bits per heavy atom. The maximum absolute atomic E-state index is 13.3. The number of carbonyl (C=O) groups is 2. The van der Waals surface area contributed by atoms with Gasteiger partial charge in [0, 0.05) is 29.0 Å². The van der Waals surface area contributed by atoms with Crippen molar-refractivity contribution in [1.82, 2.24) is 9.88 Å². The van der Waals surface area contributed by atoms with Gasteiger partial charge in [-0.15, -0.1) is 0 Å². The molecule has 1 fully saturated rings. The van der Waals surface area contributed by atoms with Crippen molar-refractivity contribution >= 4 is 33.4 Å². The number of benzene rings is 2. The molecule has 1 aliphatic heterocycles. The third kappa shape index (κ3) is 3.76. The van der Waals surface area contributed by atoms with E-state index in [0.717, 1.165) is 10.0 Å². The summed E-state index contributed by atoms with van der Waals surface area (Å²) < 4.78 is 14.2. The number of hydrogen-bond acceptors (Lipinski definition) is 4. The second-order valence-corrected chi connectivity index (χ2v) is 7.76. The van der Waals surface area contributed by atoms with Gasteiger partial charge in [0.15, 0.2) is 0 Å². The molecule has 0 bridgehead atoms. The number of hydrogen-bond donors (Lipinski definition) is 1. The van der Waals surface area contributed by atoms with Crippen LogP contribution in [0.5, 0.6) is 0 Å². The van der Waals surface area contributed by atoms with Crippen molar-refractivity contribution in [3.63, 3.8) is 0 Å². The Bertz CT molecular complexity index is 1130. The number of aliphatic hydroxyl groups excluding tert-OH is 1. The molecule has 1 unspecified atom stereocenters. The Hall–Kier alpha value is -3.32. The number of aromatic nitrogens is 1. The predicted molar refractivity (Wildman–Crippen MR) is 113 cm³/mol. The second-order valence-electron chi connectivity index (χ2n) is 6.85. The quantitative estimate of drug-likeness (QED) is 0.346. The van der Waals surface area contributed by atoms with Crippen LogP contribution in [0.4, 0.5) is 4.39 Å². The van der Waals surface area contributed by atoms with Gasteiger partial charge in [0.2, 0.25) is 0 Å². The highest BCUT2D eigenvalue weighted by Gasteiger charge is 2.46. The number of Topliss-reactive ketones (excluding diaryl/α,β-unsaturated/α-hetero) is 1. The molecule has 5 nitrogen and oxygen atoms in total. The largest absolute Gasteiger partial charge is 0.507 e. The van der Waals surface area contributed by atoms with E-state index in [0.29, 0.717) is 5.56 Å². The molecule has 3 aromatic rings. The molecule has 0 saturated carbocycles. The molecule has 2 heterocycles. The third-order valence-corrected chi connectivity index (χ3v) is 5.45. The zero-order chi connectivity index (χ0) is 21.3. The molecule has 1 aliphatic rings. The van der Waals surface area contributed by atoms with E-state index < -0.39 is 23.5 Å². The Morgan fingerprint density at radius 2 is 1.77 bits per heavy atom. The molecule has 150 valence electrons. The van der Waals surface area contributed by atoms with Crippen LogP contribution in [0.3, 0.4) is 0 Å². The highest BCUT2D eigenvalue weighted by molar-refractivity contribution is 9.10. The fourth-order valence-corrected chi connectivity index (χ4v) is 3.75. The molecule has 1 saturated heterocycles. The number of ketones is 1. The average molecular weight is 467 g/mol. The lowest BCUT2D eigenvalue weighted by atomic mass is 9.95. The fraction of sp³-hybridized carbons (Fsp3) is 0.0870. The molecule has 0 radical (unpaired) electrons. The number of carbonyl (C=O) groups excluding carboxylic acids is 2. The van der Waals surface area contributed by atoms with Crippen LogP contribution in [-0.2, 0) is 16.1 Å². The average Bonchev–Trinajstić information content (AvgIpc) is 3.00. The first kappa shape index (κ1) is 20.0. The van der Waals surface area contributed by atoms with E-state index in [1.807, 2.05) is 6.07 Å². The molecule has 2 aromatic carbocycles. The first-order valence-corrected chi connectivity index (χ1v) is 9.93. The molecule has 7 heteroatoms. The van der Waals surface area contributed by atoms with E-state index in [9.17, 15) is 19.1 Å². The zero-order valence-corrected chi connectivity index (χ0v) is 17.2. The van der Waals surface area contributed by atoms with Crippen LogP contribution < -0.4 is 0 Å². The normalized spacial score (nSPS) is 18.1. The summed E-state index contributed by atoms with van der Waals surface area (Å²) in [6.07, 6.45) is 3.25. The second kappa shape index (κ2) is 8.20. The van der Waals surface area contributed by atoms with Gasteiger partial charge in [-0.25, -0.2) is 4.39 Å². The summed E-state index contributed by atoms with van der Waals surface area (Å²) in [4.78, 5) is 31.3. The lowest BCUT2D eigenvalue weighted by molar-refractivity contribution is -0.140. The molecular formula is C23H16BrFN2O3. The number of nitrogens with zero attached hydrogens (tertiary/aromatic N) is 2. The van der Waals surface area contributed by atoms with Crippen LogP contribution in [-0.4, -0.2) is 26.7 Å². The maximum atomic E-state index is 13.3. The number of halogens is 2. The Morgan fingerprint density at radius 1 is 1.07 bits per heavy atom. The number of aliphatic hydroxyl groups is 1. The van der Waals surface area contributed by atoms with Gasteiger partial charge in [-0.2, -0.15) is 0 Å². The standard InChI is InChI=1S/C23H16BrFN2O3/c24-17-7-3-15(4-8-17)20-19(21(28)16-5-9-18(25)10-6-16)22(29)23(30)27(20)13-14-2-1-11-26-12-14/h1-12,20,28H,13H2. The van der Waals surface area contributed by atoms with Crippen molar-refractivity contribution < 1.29 is 19.1 Å². The highest BCUT2D eigenvalue weighted by atomic mass is 79.9. The number of amides is 1. The summed E-state index contributed by atoms with van der Waals surface area (Å²) in [5.41, 5.74) is 1.66. The molecule has 30 heavy (non-hydrogen) atoms. The van der Waals surface area contributed by atoms with Gasteiger partial charge < -0.3 is 10.0 Å². The lowest BCUT2D eigenvalue weighted by Crippen LogP contribution is -2.29. The van der Waals surface area contributed by atoms with E-state index in [1.54, 1.807) is 42.7 Å². The molecule has 1 atom stereocenters. The minimum Gasteiger partial charge on any atom is -0.507 e. The molecule has 0 aliphatic carbocycles. The van der Waals surface area contributed by atoms with Crippen molar-refractivity contribution in [2.24, 2.45) is 0 Å². The number of pyridine rings is 1. The van der Waals surface area contributed by atoms with Gasteiger partial charge in [0.1, 0.15) is 11.6 Å². The van der Waals surface area contributed by atoms with Crippen molar-refractivity contribution in [2.45, 2.75) is 12.6 Å². The minimum absolute atomic E-state index is 0.0298. The third-order valence-electron chi connectivity index (χ3n) is 4.92. The first-order chi connectivity index (χ1) is 14.5. The zero-order valence-electron chi connectivity index (χ0n) is 15.6. The molecule has 0 spiro atoms. The number of likely N-dealkylation sites (tertiary alicyclic amines) is 1. The van der Waals surface area contributed by atoms with E-state index in [1.165, 1.54) is 29.2 Å². The maximum Gasteiger partial charge on any atom is 0.295 e. The van der Waals surface area contributed by atoms with Crippen LogP contribution in [0.25, 0.3) is 5.76 Å². The van der Waals surface area contributed by atoms with E-state index in [-0.39, 0.29) is 23.4 Å². The first-order valence-electron chi connectivity index (χ1n) is 9.14. The van der Waals surface area contributed by atoms with Crippen molar-refractivity contribution in [3.05, 3.63) is 106 Å². The van der Waals surface area contributed by atoms with Gasteiger partial charge in [0.25, 0.3) is 11.7 Å². The van der Waals surface area contributed by atoms with Gasteiger partial charge in [0.05, 0.1) is 11.6 Å². The Labute approximate surface area is 180 Å². The van der Waals surface area contributed by atoms with E-state index in [4.69, 9.17) is 0 Å². The van der Waals surface area contributed by atoms with Gasteiger partial charge in [-0.1, -0.05) is 34.1 Å². The van der Waals surface area contributed by atoms with Gasteiger partial charge in [-0.3, -0.25) is 14.6 Å². The van der Waals surface area contributed by atoms with Crippen molar-refractivity contribution in [1.29, 1.82) is 0 Å². The van der Waals surface area contributed by atoms with Gasteiger partial charge in [-0.05, 0) is 53.6 Å². The van der Waals surface area contributed by atoms with Crippen LogP contribution in [0.2, 0.25) is 0 Å². The van der Waals surface area contributed by atoms with Crippen molar-refractivity contribution in [3.8, 4) is 0 Å². The minimum atomic E-state index is -0.789. The van der Waals surface area contributed by atoms with Crippen molar-refractivity contribution in [2.75, 3.05) is 0 Å². The monoisotopic (exact) mass is 466 g/mol. The smallest absolute Gasteiger partial charge is 0.295 e. The molecule has 4 rings (SSSR count). The predicted octanol–water partition coefficient (Wildman–Crippen LogP) is 4.61. The summed E-state index contributed by atoms with van der Waals surface area (Å²) in [5.74, 6) is -2.30. The molecular weight excluding hydrogens is 451 g/mol. The van der Waals surface area contributed by atoms with Crippen LogP contribution >= 0.6 is 15.9 Å². The highest BCUT2D eigenvalue weighted by Crippen LogP contribution is 2.40. The van der Waals surface area contributed by atoms with Crippen LogP contribution in [0, 0.1) is 5.82 Å². The van der Waals surface area contributed by atoms with Gasteiger partial charge >= 0.3 is 0 Å². The lowest BCUT2D eigenvalue weighted by Gasteiger charge is -2.25. The van der Waals surface area contributed by atoms with Crippen LogP contribution in [0.15, 0.2) is 83.1 Å². The summed E-state index contributed by atoms with van der Waals surface area (Å²) in [6, 6.07) is 15.1. The summed E-state index contributed by atoms with van der Waals surface area (Å²) >= 11 is 3.38. The summed E-state index contributed by atoms with van der Waals surface area (Å²) in [5, 5.41) is 10.9.